The minimum Gasteiger partial charge on any atom is -0.374 e. The highest BCUT2D eigenvalue weighted by molar-refractivity contribution is 7.99. The highest BCUT2D eigenvalue weighted by atomic mass is 32.2. The number of ether oxygens (including phenoxy) is 1. The Bertz CT molecular complexity index is 303. The molecular weight excluding hydrogens is 266 g/mol. The molecule has 3 aliphatic rings. The number of hydrogen-bond acceptors (Lipinski definition) is 3. The van der Waals surface area contributed by atoms with E-state index >= 15 is 0 Å². The molecule has 4 atom stereocenters. The molecule has 0 aromatic rings. The van der Waals surface area contributed by atoms with Crippen LogP contribution >= 0.6 is 11.8 Å². The van der Waals surface area contributed by atoms with E-state index in [1.807, 2.05) is 0 Å². The predicted molar refractivity (Wildman–Crippen MR) is 87.3 cm³/mol. The molecular formula is C17H31NOS. The Kier molecular flexibility index (Phi) is 5.33. The van der Waals surface area contributed by atoms with Crippen LogP contribution in [0.15, 0.2) is 0 Å². The van der Waals surface area contributed by atoms with Gasteiger partial charge in [-0.15, -0.1) is 0 Å². The molecule has 2 heterocycles. The summed E-state index contributed by atoms with van der Waals surface area (Å²) in [4.78, 5) is 0. The minimum absolute atomic E-state index is 0.268. The lowest BCUT2D eigenvalue weighted by Gasteiger charge is -2.43. The first kappa shape index (κ1) is 15.2. The zero-order valence-corrected chi connectivity index (χ0v) is 13.9. The van der Waals surface area contributed by atoms with Gasteiger partial charge in [-0.05, 0) is 69.2 Å². The number of thioether (sulfide) groups is 1. The van der Waals surface area contributed by atoms with Gasteiger partial charge in [0.25, 0.3) is 0 Å². The smallest absolute Gasteiger partial charge is 0.0783 e. The Hall–Kier alpha value is 0.270. The maximum absolute atomic E-state index is 6.24. The van der Waals surface area contributed by atoms with Gasteiger partial charge in [0.15, 0.2) is 0 Å². The van der Waals surface area contributed by atoms with E-state index in [1.165, 1.54) is 69.4 Å². The third kappa shape index (κ3) is 3.36. The number of rotatable bonds is 3. The molecule has 1 spiro atoms. The van der Waals surface area contributed by atoms with Crippen LogP contribution in [0.3, 0.4) is 0 Å². The van der Waals surface area contributed by atoms with Gasteiger partial charge >= 0.3 is 0 Å². The first-order chi connectivity index (χ1) is 9.83. The summed E-state index contributed by atoms with van der Waals surface area (Å²) >= 11 is 2.11. The molecule has 0 aromatic heterocycles. The van der Waals surface area contributed by atoms with Crippen molar-refractivity contribution in [2.75, 3.05) is 31.7 Å². The second-order valence-electron chi connectivity index (χ2n) is 7.21. The molecule has 0 radical (unpaired) electrons. The van der Waals surface area contributed by atoms with Gasteiger partial charge in [-0.25, -0.2) is 0 Å². The molecule has 116 valence electrons. The molecule has 3 fully saturated rings. The molecule has 0 bridgehead atoms. The fourth-order valence-electron chi connectivity index (χ4n) is 4.84. The Morgan fingerprint density at radius 2 is 2.10 bits per heavy atom. The monoisotopic (exact) mass is 297 g/mol. The van der Waals surface area contributed by atoms with E-state index < -0.39 is 0 Å². The van der Waals surface area contributed by atoms with E-state index in [4.69, 9.17) is 4.74 Å². The largest absolute Gasteiger partial charge is 0.374 e. The minimum atomic E-state index is 0.268. The normalized spacial score (nSPS) is 42.8. The third-order valence-corrected chi connectivity index (χ3v) is 7.11. The summed E-state index contributed by atoms with van der Waals surface area (Å²) < 4.78 is 6.24. The molecule has 3 rings (SSSR count). The van der Waals surface area contributed by atoms with Crippen LogP contribution in [0, 0.1) is 17.8 Å². The summed E-state index contributed by atoms with van der Waals surface area (Å²) in [6, 6.07) is 0. The van der Waals surface area contributed by atoms with Crippen LogP contribution in [-0.2, 0) is 4.74 Å². The van der Waals surface area contributed by atoms with E-state index in [0.717, 1.165) is 24.4 Å². The molecule has 1 N–H and O–H groups in total. The van der Waals surface area contributed by atoms with Gasteiger partial charge in [0.1, 0.15) is 0 Å². The van der Waals surface area contributed by atoms with Crippen LogP contribution in [0.25, 0.3) is 0 Å². The highest BCUT2D eigenvalue weighted by Crippen LogP contribution is 2.46. The lowest BCUT2D eigenvalue weighted by molar-refractivity contribution is -0.0941. The zero-order chi connectivity index (χ0) is 13.8. The molecule has 3 heteroatoms. The maximum Gasteiger partial charge on any atom is 0.0783 e. The van der Waals surface area contributed by atoms with E-state index in [2.05, 4.69) is 24.1 Å². The summed E-state index contributed by atoms with van der Waals surface area (Å²) in [6.07, 6.45) is 11.3. The van der Waals surface area contributed by atoms with Crippen molar-refractivity contribution in [3.8, 4) is 0 Å². The maximum atomic E-state index is 6.24. The Morgan fingerprint density at radius 1 is 1.20 bits per heavy atom. The van der Waals surface area contributed by atoms with Gasteiger partial charge in [0.2, 0.25) is 0 Å². The first-order valence-electron chi connectivity index (χ1n) is 8.69. The fourth-order valence-corrected chi connectivity index (χ4v) is 6.22. The van der Waals surface area contributed by atoms with Crippen LogP contribution in [-0.4, -0.2) is 37.3 Å². The molecule has 2 saturated heterocycles. The number of nitrogens with one attached hydrogen (secondary N) is 1. The zero-order valence-electron chi connectivity index (χ0n) is 13.0. The Labute approximate surface area is 128 Å². The molecule has 0 amide bonds. The number of hydrogen-bond donors (Lipinski definition) is 1. The van der Waals surface area contributed by atoms with E-state index in [0.29, 0.717) is 0 Å². The van der Waals surface area contributed by atoms with Crippen molar-refractivity contribution >= 4 is 11.8 Å². The fraction of sp³-hybridized carbons (Fsp3) is 1.00. The lowest BCUT2D eigenvalue weighted by atomic mass is 9.71. The van der Waals surface area contributed by atoms with Crippen LogP contribution in [0.1, 0.15) is 51.4 Å². The summed E-state index contributed by atoms with van der Waals surface area (Å²) in [7, 11) is 2.13. The van der Waals surface area contributed by atoms with Crippen LogP contribution in [0.5, 0.6) is 0 Å². The summed E-state index contributed by atoms with van der Waals surface area (Å²) in [5.41, 5.74) is 0.268. The van der Waals surface area contributed by atoms with Gasteiger partial charge in [0, 0.05) is 12.4 Å². The summed E-state index contributed by atoms with van der Waals surface area (Å²) in [5.74, 6) is 5.37. The van der Waals surface area contributed by atoms with E-state index in [9.17, 15) is 0 Å². The summed E-state index contributed by atoms with van der Waals surface area (Å²) in [6.45, 7) is 2.25. The summed E-state index contributed by atoms with van der Waals surface area (Å²) in [5, 5.41) is 3.46. The Morgan fingerprint density at radius 3 is 2.90 bits per heavy atom. The average Bonchev–Trinajstić information content (AvgIpc) is 2.77. The topological polar surface area (TPSA) is 21.3 Å². The molecule has 1 saturated carbocycles. The van der Waals surface area contributed by atoms with Crippen LogP contribution < -0.4 is 5.32 Å². The average molecular weight is 298 g/mol. The van der Waals surface area contributed by atoms with Gasteiger partial charge in [0.05, 0.1) is 5.60 Å². The molecule has 4 unspecified atom stereocenters. The van der Waals surface area contributed by atoms with Crippen molar-refractivity contribution in [1.29, 1.82) is 0 Å². The molecule has 2 nitrogen and oxygen atoms in total. The highest BCUT2D eigenvalue weighted by Gasteiger charge is 2.43. The van der Waals surface area contributed by atoms with Crippen molar-refractivity contribution in [3.05, 3.63) is 0 Å². The van der Waals surface area contributed by atoms with Crippen molar-refractivity contribution in [2.24, 2.45) is 17.8 Å². The first-order valence-corrected chi connectivity index (χ1v) is 9.85. The quantitative estimate of drug-likeness (QED) is 0.803. The SMILES string of the molecule is CNCC1CCCCCC1C1CCOC2(CCSC2)C1. The molecule has 2 aliphatic heterocycles. The third-order valence-electron chi connectivity index (χ3n) is 5.89. The van der Waals surface area contributed by atoms with Crippen molar-refractivity contribution in [1.82, 2.24) is 5.32 Å². The molecule has 0 aromatic carbocycles. The van der Waals surface area contributed by atoms with Crippen LogP contribution in [0.2, 0.25) is 0 Å². The van der Waals surface area contributed by atoms with Crippen molar-refractivity contribution in [2.45, 2.75) is 57.0 Å². The van der Waals surface area contributed by atoms with Gasteiger partial charge in [-0.2, -0.15) is 11.8 Å². The van der Waals surface area contributed by atoms with Crippen molar-refractivity contribution in [3.63, 3.8) is 0 Å². The van der Waals surface area contributed by atoms with E-state index in [-0.39, 0.29) is 5.60 Å². The Balaban J connectivity index is 1.68. The second kappa shape index (κ2) is 7.02. The standard InChI is InChI=1S/C17H31NOS/c1-18-12-15-5-3-2-4-6-16(15)14-7-9-19-17(11-14)8-10-20-13-17/h14-16,18H,2-13H2,1H3. The predicted octanol–water partition coefficient (Wildman–Crippen LogP) is 3.70. The van der Waals surface area contributed by atoms with Gasteiger partial charge in [-0.1, -0.05) is 19.3 Å². The van der Waals surface area contributed by atoms with Crippen molar-refractivity contribution < 1.29 is 4.74 Å². The second-order valence-corrected chi connectivity index (χ2v) is 8.31. The van der Waals surface area contributed by atoms with Crippen LogP contribution in [0.4, 0.5) is 0 Å². The van der Waals surface area contributed by atoms with Gasteiger partial charge in [-0.3, -0.25) is 0 Å². The molecule has 20 heavy (non-hydrogen) atoms. The van der Waals surface area contributed by atoms with E-state index in [1.54, 1.807) is 0 Å². The lowest BCUT2D eigenvalue weighted by Crippen LogP contribution is -2.43. The molecule has 1 aliphatic carbocycles. The van der Waals surface area contributed by atoms with Gasteiger partial charge < -0.3 is 10.1 Å².